The van der Waals surface area contributed by atoms with Crippen LogP contribution in [0.5, 0.6) is 5.75 Å². The van der Waals surface area contributed by atoms with E-state index in [1.165, 1.54) is 4.90 Å². The van der Waals surface area contributed by atoms with Gasteiger partial charge in [-0.05, 0) is 36.4 Å². The minimum Gasteiger partial charge on any atom is -0.491 e. The Hall–Kier alpha value is -3.36. The SMILES string of the molecule is COCCOc1cccc(-c2cc(C(=O)N3CNC(=O)C3)nn2-c2cccc(Cl)c2)c1. The van der Waals surface area contributed by atoms with Gasteiger partial charge in [-0.3, -0.25) is 9.59 Å². The third-order valence-corrected chi connectivity index (χ3v) is 4.99. The normalized spacial score (nSPS) is 13.4. The van der Waals surface area contributed by atoms with E-state index in [0.717, 1.165) is 5.56 Å². The first-order chi connectivity index (χ1) is 15.0. The maximum atomic E-state index is 12.9. The molecular formula is C22H21ClN4O4. The highest BCUT2D eigenvalue weighted by atomic mass is 35.5. The predicted octanol–water partition coefficient (Wildman–Crippen LogP) is 2.75. The summed E-state index contributed by atoms with van der Waals surface area (Å²) in [4.78, 5) is 25.9. The Labute approximate surface area is 184 Å². The van der Waals surface area contributed by atoms with Gasteiger partial charge in [0, 0.05) is 17.7 Å². The number of halogens is 1. The van der Waals surface area contributed by atoms with Crippen LogP contribution in [0.25, 0.3) is 16.9 Å². The number of amides is 2. The van der Waals surface area contributed by atoms with Crippen molar-refractivity contribution < 1.29 is 19.1 Å². The molecule has 2 heterocycles. The molecule has 9 heteroatoms. The maximum absolute atomic E-state index is 12.9. The van der Waals surface area contributed by atoms with Gasteiger partial charge in [-0.2, -0.15) is 5.10 Å². The fourth-order valence-corrected chi connectivity index (χ4v) is 3.44. The molecular weight excluding hydrogens is 420 g/mol. The van der Waals surface area contributed by atoms with Gasteiger partial charge in [-0.15, -0.1) is 0 Å². The molecule has 0 bridgehead atoms. The highest BCUT2D eigenvalue weighted by Gasteiger charge is 2.27. The summed E-state index contributed by atoms with van der Waals surface area (Å²) in [5.74, 6) is 0.159. The zero-order valence-corrected chi connectivity index (χ0v) is 17.6. The lowest BCUT2D eigenvalue weighted by atomic mass is 10.1. The Kier molecular flexibility index (Phi) is 6.20. The molecule has 1 saturated heterocycles. The number of carbonyl (C=O) groups excluding carboxylic acids is 2. The molecule has 1 aliphatic heterocycles. The lowest BCUT2D eigenvalue weighted by Crippen LogP contribution is -2.30. The van der Waals surface area contributed by atoms with E-state index in [-0.39, 0.29) is 30.7 Å². The van der Waals surface area contributed by atoms with E-state index >= 15 is 0 Å². The van der Waals surface area contributed by atoms with E-state index in [4.69, 9.17) is 21.1 Å². The van der Waals surface area contributed by atoms with Crippen molar-refractivity contribution in [3.63, 3.8) is 0 Å². The molecule has 1 aromatic heterocycles. The van der Waals surface area contributed by atoms with Gasteiger partial charge in [-0.1, -0.05) is 29.8 Å². The van der Waals surface area contributed by atoms with Gasteiger partial charge < -0.3 is 19.7 Å². The third-order valence-electron chi connectivity index (χ3n) is 4.76. The summed E-state index contributed by atoms with van der Waals surface area (Å²) < 4.78 is 12.4. The Bertz CT molecular complexity index is 1110. The lowest BCUT2D eigenvalue weighted by molar-refractivity contribution is -0.118. The molecule has 2 amide bonds. The minimum atomic E-state index is -0.326. The Morgan fingerprint density at radius 2 is 2.00 bits per heavy atom. The molecule has 0 spiro atoms. The molecule has 2 aromatic carbocycles. The van der Waals surface area contributed by atoms with Crippen LogP contribution in [0, 0.1) is 0 Å². The van der Waals surface area contributed by atoms with E-state index in [9.17, 15) is 9.59 Å². The maximum Gasteiger partial charge on any atom is 0.276 e. The van der Waals surface area contributed by atoms with Crippen LogP contribution in [0.4, 0.5) is 0 Å². The van der Waals surface area contributed by atoms with E-state index in [2.05, 4.69) is 10.4 Å². The molecule has 3 aromatic rings. The Morgan fingerprint density at radius 3 is 2.74 bits per heavy atom. The van der Waals surface area contributed by atoms with Crippen molar-refractivity contribution in [2.45, 2.75) is 0 Å². The van der Waals surface area contributed by atoms with Crippen LogP contribution >= 0.6 is 11.6 Å². The quantitative estimate of drug-likeness (QED) is 0.571. The van der Waals surface area contributed by atoms with Gasteiger partial charge in [-0.25, -0.2) is 4.68 Å². The average molecular weight is 441 g/mol. The molecule has 1 fully saturated rings. The number of nitrogens with zero attached hydrogens (tertiary/aromatic N) is 3. The second-order valence-corrected chi connectivity index (χ2v) is 7.37. The van der Waals surface area contributed by atoms with Crippen molar-refractivity contribution in [2.75, 3.05) is 33.5 Å². The molecule has 31 heavy (non-hydrogen) atoms. The molecule has 0 radical (unpaired) electrons. The van der Waals surface area contributed by atoms with E-state index in [0.29, 0.717) is 35.4 Å². The van der Waals surface area contributed by atoms with E-state index in [1.807, 2.05) is 36.4 Å². The summed E-state index contributed by atoms with van der Waals surface area (Å²) in [6, 6.07) is 16.4. The highest BCUT2D eigenvalue weighted by Crippen LogP contribution is 2.28. The molecule has 4 rings (SSSR count). The third kappa shape index (κ3) is 4.70. The van der Waals surface area contributed by atoms with Gasteiger partial charge in [0.15, 0.2) is 5.69 Å². The van der Waals surface area contributed by atoms with Crippen molar-refractivity contribution >= 4 is 23.4 Å². The molecule has 0 saturated carbocycles. The number of rotatable bonds is 7. The number of benzene rings is 2. The van der Waals surface area contributed by atoms with Crippen LogP contribution in [0.1, 0.15) is 10.5 Å². The van der Waals surface area contributed by atoms with Crippen LogP contribution in [0.2, 0.25) is 5.02 Å². The Morgan fingerprint density at radius 1 is 1.16 bits per heavy atom. The molecule has 0 aliphatic carbocycles. The molecule has 1 aliphatic rings. The number of carbonyl (C=O) groups is 2. The number of aromatic nitrogens is 2. The zero-order chi connectivity index (χ0) is 21.8. The van der Waals surface area contributed by atoms with Gasteiger partial charge in [0.2, 0.25) is 5.91 Å². The topological polar surface area (TPSA) is 85.7 Å². The second kappa shape index (κ2) is 9.20. The van der Waals surface area contributed by atoms with Gasteiger partial charge >= 0.3 is 0 Å². The fraction of sp³-hybridized carbons (Fsp3) is 0.227. The lowest BCUT2D eigenvalue weighted by Gasteiger charge is -2.11. The van der Waals surface area contributed by atoms with Gasteiger partial charge in [0.1, 0.15) is 18.9 Å². The number of methoxy groups -OCH3 is 1. The summed E-state index contributed by atoms with van der Waals surface area (Å²) >= 11 is 6.18. The van der Waals surface area contributed by atoms with Crippen molar-refractivity contribution in [3.8, 4) is 22.7 Å². The van der Waals surface area contributed by atoms with Gasteiger partial charge in [0.25, 0.3) is 5.91 Å². The summed E-state index contributed by atoms with van der Waals surface area (Å²) in [5.41, 5.74) is 2.46. The van der Waals surface area contributed by atoms with Crippen LogP contribution < -0.4 is 10.1 Å². The monoisotopic (exact) mass is 440 g/mol. The molecule has 0 unspecified atom stereocenters. The first kappa shape index (κ1) is 20.9. The van der Waals surface area contributed by atoms with Crippen molar-refractivity contribution in [2.24, 2.45) is 0 Å². The van der Waals surface area contributed by atoms with Crippen LogP contribution in [0.15, 0.2) is 54.6 Å². The molecule has 0 atom stereocenters. The fourth-order valence-electron chi connectivity index (χ4n) is 3.26. The molecule has 1 N–H and O–H groups in total. The Balaban J connectivity index is 1.73. The van der Waals surface area contributed by atoms with Crippen LogP contribution in [-0.2, 0) is 9.53 Å². The van der Waals surface area contributed by atoms with Crippen molar-refractivity contribution in [1.82, 2.24) is 20.0 Å². The number of hydrogen-bond donors (Lipinski definition) is 1. The first-order valence-electron chi connectivity index (χ1n) is 9.69. The number of nitrogens with one attached hydrogen (secondary N) is 1. The minimum absolute atomic E-state index is 0.0149. The van der Waals surface area contributed by atoms with Crippen molar-refractivity contribution in [3.05, 3.63) is 65.3 Å². The van der Waals surface area contributed by atoms with Crippen molar-refractivity contribution in [1.29, 1.82) is 0 Å². The van der Waals surface area contributed by atoms with E-state index in [1.54, 1.807) is 30.0 Å². The van der Waals surface area contributed by atoms with Crippen LogP contribution in [0.3, 0.4) is 0 Å². The number of hydrogen-bond acceptors (Lipinski definition) is 5. The standard InChI is InChI=1S/C22H21ClN4O4/c1-30-8-9-31-18-7-2-4-15(10-18)20-12-19(22(29)26-13-21(28)24-14-26)25-27(20)17-6-3-5-16(23)11-17/h2-7,10-12H,8-9,13-14H2,1H3,(H,24,28). The second-order valence-electron chi connectivity index (χ2n) is 6.94. The first-order valence-corrected chi connectivity index (χ1v) is 10.1. The molecule has 8 nitrogen and oxygen atoms in total. The summed E-state index contributed by atoms with van der Waals surface area (Å²) in [6.07, 6.45) is 0. The summed E-state index contributed by atoms with van der Waals surface area (Å²) in [5, 5.41) is 7.72. The smallest absolute Gasteiger partial charge is 0.276 e. The highest BCUT2D eigenvalue weighted by molar-refractivity contribution is 6.30. The van der Waals surface area contributed by atoms with Crippen LogP contribution in [-0.4, -0.2) is 60.0 Å². The zero-order valence-electron chi connectivity index (χ0n) is 16.9. The summed E-state index contributed by atoms with van der Waals surface area (Å²) in [7, 11) is 1.62. The number of ether oxygens (including phenoxy) is 2. The molecule has 160 valence electrons. The largest absolute Gasteiger partial charge is 0.491 e. The van der Waals surface area contributed by atoms with E-state index < -0.39 is 0 Å². The predicted molar refractivity (Wildman–Crippen MR) is 115 cm³/mol. The average Bonchev–Trinajstić information content (AvgIpc) is 3.41. The van der Waals surface area contributed by atoms with Gasteiger partial charge in [0.05, 0.1) is 24.7 Å². The summed E-state index contributed by atoms with van der Waals surface area (Å²) in [6.45, 7) is 1.08.